The summed E-state index contributed by atoms with van der Waals surface area (Å²) in [5, 5.41) is 5.84. The van der Waals surface area contributed by atoms with E-state index in [2.05, 4.69) is 10.2 Å². The van der Waals surface area contributed by atoms with E-state index >= 15 is 0 Å². The molecule has 0 saturated carbocycles. The number of nitrogens with one attached hydrogen (secondary N) is 1. The van der Waals surface area contributed by atoms with Crippen LogP contribution in [0.5, 0.6) is 11.5 Å². The zero-order chi connectivity index (χ0) is 18.4. The number of aromatic nitrogens is 2. The monoisotopic (exact) mass is 410 g/mol. The van der Waals surface area contributed by atoms with E-state index in [4.69, 9.17) is 27.9 Å². The van der Waals surface area contributed by atoms with Crippen molar-refractivity contribution >= 4 is 43.9 Å². The molecule has 0 aliphatic carbocycles. The van der Waals surface area contributed by atoms with Crippen LogP contribution in [0, 0.1) is 0 Å². The van der Waals surface area contributed by atoms with Crippen molar-refractivity contribution in [2.24, 2.45) is 0 Å². The molecule has 0 aliphatic heterocycles. The maximum Gasteiger partial charge on any atom is 0.501 e. The highest BCUT2D eigenvalue weighted by molar-refractivity contribution is 7.92. The predicted molar refractivity (Wildman–Crippen MR) is 85.9 cm³/mol. The van der Waals surface area contributed by atoms with Gasteiger partial charge in [0, 0.05) is 5.02 Å². The molecule has 0 aliphatic rings. The van der Waals surface area contributed by atoms with Gasteiger partial charge in [0.2, 0.25) is 0 Å². The molecule has 11 heteroatoms. The van der Waals surface area contributed by atoms with Crippen molar-refractivity contribution in [3.8, 4) is 11.5 Å². The summed E-state index contributed by atoms with van der Waals surface area (Å²) in [6, 6.07) is 8.10. The third-order valence-electron chi connectivity index (χ3n) is 3.22. The van der Waals surface area contributed by atoms with E-state index in [1.807, 2.05) is 0 Å². The van der Waals surface area contributed by atoms with Crippen molar-refractivity contribution in [3.05, 3.63) is 46.6 Å². The average Bonchev–Trinajstić information content (AvgIpc) is 2.89. The molecule has 2 aromatic carbocycles. The number of fused-ring (bicyclic) bond motifs is 1. The fourth-order valence-corrected chi connectivity index (χ4v) is 3.46. The first kappa shape index (κ1) is 17.8. The number of aromatic amines is 1. The van der Waals surface area contributed by atoms with Crippen LogP contribution in [0.25, 0.3) is 10.9 Å². The minimum absolute atomic E-state index is 0.0251. The van der Waals surface area contributed by atoms with Gasteiger partial charge in [-0.15, -0.1) is 0 Å². The highest BCUT2D eigenvalue weighted by Gasteiger charge is 2.48. The zero-order valence-corrected chi connectivity index (χ0v) is 14.3. The van der Waals surface area contributed by atoms with E-state index in [9.17, 15) is 21.6 Å². The van der Waals surface area contributed by atoms with Crippen LogP contribution in [0.3, 0.4) is 0 Å². The molecule has 0 fully saturated rings. The molecule has 0 bridgehead atoms. The maximum absolute atomic E-state index is 12.8. The highest BCUT2D eigenvalue weighted by Crippen LogP contribution is 2.40. The predicted octanol–water partition coefficient (Wildman–Crippen LogP) is 4.96. The SMILES string of the molecule is O=S(=O)(c1ccc(Oc2cccc(Cl)c2)c2c(Cl)n[nH]c12)C(F)(F)F. The first-order valence-electron chi connectivity index (χ1n) is 6.52. The third-order valence-corrected chi connectivity index (χ3v) is 5.26. The second-order valence-electron chi connectivity index (χ2n) is 4.83. The molecule has 0 atom stereocenters. The molecule has 1 heterocycles. The lowest BCUT2D eigenvalue weighted by atomic mass is 10.2. The minimum Gasteiger partial charge on any atom is -0.456 e. The van der Waals surface area contributed by atoms with Crippen molar-refractivity contribution in [1.82, 2.24) is 10.2 Å². The van der Waals surface area contributed by atoms with Crippen molar-refractivity contribution in [2.75, 3.05) is 0 Å². The lowest BCUT2D eigenvalue weighted by molar-refractivity contribution is -0.0435. The summed E-state index contributed by atoms with van der Waals surface area (Å²) in [5.41, 5.74) is -5.87. The van der Waals surface area contributed by atoms with Gasteiger partial charge in [-0.25, -0.2) is 8.42 Å². The number of benzene rings is 2. The molecule has 0 unspecified atom stereocenters. The number of hydrogen-bond donors (Lipinski definition) is 1. The van der Waals surface area contributed by atoms with Crippen LogP contribution in [0.15, 0.2) is 41.3 Å². The van der Waals surface area contributed by atoms with Crippen molar-refractivity contribution in [3.63, 3.8) is 0 Å². The van der Waals surface area contributed by atoms with Crippen LogP contribution >= 0.6 is 23.2 Å². The summed E-state index contributed by atoms with van der Waals surface area (Å²) >= 11 is 11.7. The van der Waals surface area contributed by atoms with Gasteiger partial charge >= 0.3 is 5.51 Å². The van der Waals surface area contributed by atoms with Gasteiger partial charge in [0.25, 0.3) is 9.84 Å². The normalized spacial score (nSPS) is 12.5. The fourth-order valence-electron chi connectivity index (χ4n) is 2.13. The molecule has 0 saturated heterocycles. The molecule has 0 amide bonds. The number of alkyl halides is 3. The summed E-state index contributed by atoms with van der Waals surface area (Å²) in [4.78, 5) is -0.993. The minimum atomic E-state index is -5.59. The van der Waals surface area contributed by atoms with Crippen LogP contribution in [0.4, 0.5) is 13.2 Å². The van der Waals surface area contributed by atoms with Gasteiger partial charge in [-0.3, -0.25) is 5.10 Å². The molecule has 5 nitrogen and oxygen atoms in total. The largest absolute Gasteiger partial charge is 0.501 e. The average molecular weight is 411 g/mol. The molecule has 1 N–H and O–H groups in total. The number of hydrogen-bond acceptors (Lipinski definition) is 4. The molecule has 1 aromatic heterocycles. The maximum atomic E-state index is 12.8. The summed E-state index contributed by atoms with van der Waals surface area (Å²) in [6.07, 6.45) is 0. The van der Waals surface area contributed by atoms with Crippen LogP contribution in [-0.4, -0.2) is 24.1 Å². The Balaban J connectivity index is 2.19. The number of ether oxygens (including phenoxy) is 1. The molecular formula is C14H7Cl2F3N2O3S. The van der Waals surface area contributed by atoms with Crippen molar-refractivity contribution in [1.29, 1.82) is 0 Å². The van der Waals surface area contributed by atoms with E-state index in [1.165, 1.54) is 6.07 Å². The van der Waals surface area contributed by atoms with Gasteiger partial charge in [-0.2, -0.15) is 18.3 Å². The van der Waals surface area contributed by atoms with E-state index < -0.39 is 25.8 Å². The summed E-state index contributed by atoms with van der Waals surface area (Å²) in [7, 11) is -5.59. The Bertz CT molecular complexity index is 1060. The third kappa shape index (κ3) is 3.14. The van der Waals surface area contributed by atoms with Gasteiger partial charge < -0.3 is 4.74 Å². The van der Waals surface area contributed by atoms with E-state index in [-0.39, 0.29) is 22.0 Å². The fraction of sp³-hybridized carbons (Fsp3) is 0.0714. The van der Waals surface area contributed by atoms with Crippen LogP contribution < -0.4 is 4.74 Å². The lowest BCUT2D eigenvalue weighted by Gasteiger charge is -2.12. The quantitative estimate of drug-likeness (QED) is 0.662. The highest BCUT2D eigenvalue weighted by atomic mass is 35.5. The Hall–Kier alpha value is -1.97. The number of sulfone groups is 1. The van der Waals surface area contributed by atoms with Gasteiger partial charge in [-0.1, -0.05) is 29.3 Å². The second-order valence-corrected chi connectivity index (χ2v) is 7.54. The van der Waals surface area contributed by atoms with Gasteiger partial charge in [0.05, 0.1) is 10.9 Å². The van der Waals surface area contributed by atoms with Crippen LogP contribution in [0.2, 0.25) is 10.2 Å². The number of nitrogens with zero attached hydrogens (tertiary/aromatic N) is 1. The second kappa shape index (κ2) is 6.08. The van der Waals surface area contributed by atoms with Crippen LogP contribution in [-0.2, 0) is 9.84 Å². The molecule has 3 rings (SSSR count). The summed E-state index contributed by atoms with van der Waals surface area (Å²) in [6.45, 7) is 0. The molecule has 132 valence electrons. The van der Waals surface area contributed by atoms with E-state index in [0.29, 0.717) is 5.02 Å². The number of rotatable bonds is 3. The first-order valence-corrected chi connectivity index (χ1v) is 8.76. The number of H-pyrrole nitrogens is 1. The Morgan fingerprint density at radius 3 is 2.48 bits per heavy atom. The summed E-state index contributed by atoms with van der Waals surface area (Å²) in [5.74, 6) is 0.314. The first-order chi connectivity index (χ1) is 11.6. The lowest BCUT2D eigenvalue weighted by Crippen LogP contribution is -2.23. The molecule has 0 radical (unpaired) electrons. The Labute approximate surface area is 149 Å². The molecule has 3 aromatic rings. The van der Waals surface area contributed by atoms with Crippen molar-refractivity contribution in [2.45, 2.75) is 10.4 Å². The molecular weight excluding hydrogens is 404 g/mol. The van der Waals surface area contributed by atoms with Gasteiger partial charge in [-0.05, 0) is 30.3 Å². The van der Waals surface area contributed by atoms with Crippen LogP contribution in [0.1, 0.15) is 0 Å². The number of halogens is 5. The molecule has 0 spiro atoms. The smallest absolute Gasteiger partial charge is 0.456 e. The zero-order valence-electron chi connectivity index (χ0n) is 11.9. The summed E-state index contributed by atoms with van der Waals surface area (Å²) < 4.78 is 67.5. The standard InChI is InChI=1S/C14H7Cl2F3N2O3S/c15-7-2-1-3-8(6-7)24-9-4-5-10(25(22,23)14(17,18)19)12-11(9)13(16)21-20-12/h1-6H,(H,20,21). The Morgan fingerprint density at radius 2 is 1.84 bits per heavy atom. The molecule has 25 heavy (non-hydrogen) atoms. The van der Waals surface area contributed by atoms with Gasteiger partial charge in [0.15, 0.2) is 5.15 Å². The Morgan fingerprint density at radius 1 is 1.12 bits per heavy atom. The van der Waals surface area contributed by atoms with E-state index in [1.54, 1.807) is 18.2 Å². The van der Waals surface area contributed by atoms with Gasteiger partial charge in [0.1, 0.15) is 16.4 Å². The van der Waals surface area contributed by atoms with E-state index in [0.717, 1.165) is 12.1 Å². The topological polar surface area (TPSA) is 72.1 Å². The van der Waals surface area contributed by atoms with Crippen molar-refractivity contribution < 1.29 is 26.3 Å². The Kier molecular flexibility index (Phi) is 4.34.